The number of hydrogen-bond donors (Lipinski definition) is 0. The smallest absolute Gasteiger partial charge is 0.237 e. The zero-order valence-electron chi connectivity index (χ0n) is 10.5. The number of nitro groups is 1. The molecule has 2 atom stereocenters. The van der Waals surface area contributed by atoms with E-state index in [1.807, 2.05) is 0 Å². The van der Waals surface area contributed by atoms with Gasteiger partial charge in [0.25, 0.3) is 0 Å². The first-order valence-electron chi connectivity index (χ1n) is 6.42. The Hall–Kier alpha value is -2.05. The minimum atomic E-state index is -0.855. The Morgan fingerprint density at radius 2 is 2.15 bits per heavy atom. The minimum Gasteiger partial charge on any atom is -0.311 e. The lowest BCUT2D eigenvalue weighted by atomic mass is 10.0. The highest BCUT2D eigenvalue weighted by atomic mass is 19.1. The fourth-order valence-corrected chi connectivity index (χ4v) is 2.72. The number of carbonyl (C=O) groups excluding carboxylic acids is 1. The lowest BCUT2D eigenvalue weighted by molar-refractivity contribution is -0.497. The Bertz CT molecular complexity index is 606. The quantitative estimate of drug-likeness (QED) is 0.615. The average molecular weight is 282 g/mol. The van der Waals surface area contributed by atoms with Crippen LogP contribution in [0.5, 0.6) is 0 Å². The number of halogens is 2. The van der Waals surface area contributed by atoms with Gasteiger partial charge in [-0.25, -0.2) is 8.78 Å². The Labute approximate surface area is 113 Å². The maximum atomic E-state index is 13.7. The molecule has 1 aromatic rings. The first-order valence-corrected chi connectivity index (χ1v) is 6.42. The highest BCUT2D eigenvalue weighted by molar-refractivity contribution is 5.98. The van der Waals surface area contributed by atoms with Crippen molar-refractivity contribution in [2.45, 2.75) is 25.3 Å². The summed E-state index contributed by atoms with van der Waals surface area (Å²) in [7, 11) is 0. The third-order valence-corrected chi connectivity index (χ3v) is 3.85. The van der Waals surface area contributed by atoms with Gasteiger partial charge in [-0.15, -0.1) is 0 Å². The third kappa shape index (κ3) is 2.03. The maximum Gasteiger partial charge on any atom is 0.237 e. The molecular formula is C13H12F2N2O3. The summed E-state index contributed by atoms with van der Waals surface area (Å²) in [6.07, 6.45) is 1.21. The van der Waals surface area contributed by atoms with Gasteiger partial charge in [-0.3, -0.25) is 14.9 Å². The molecule has 1 aromatic carbocycles. The van der Waals surface area contributed by atoms with Gasteiger partial charge in [0.2, 0.25) is 11.9 Å². The fourth-order valence-electron chi connectivity index (χ4n) is 2.72. The van der Waals surface area contributed by atoms with E-state index in [9.17, 15) is 23.7 Å². The van der Waals surface area contributed by atoms with Gasteiger partial charge in [-0.1, -0.05) is 0 Å². The van der Waals surface area contributed by atoms with Crippen molar-refractivity contribution in [2.24, 2.45) is 5.92 Å². The van der Waals surface area contributed by atoms with E-state index in [0.29, 0.717) is 24.9 Å². The SMILES string of the molecule is O=C(C1CC1[N+](=O)[O-])N1CCCc2c(F)cc(F)cc21. The van der Waals surface area contributed by atoms with Crippen molar-refractivity contribution in [3.05, 3.63) is 39.4 Å². The number of carbonyl (C=O) groups is 1. The van der Waals surface area contributed by atoms with Crippen LogP contribution < -0.4 is 4.90 Å². The first kappa shape index (κ1) is 13.0. The standard InChI is InChI=1S/C13H12F2N2O3/c14-7-4-10(15)8-2-1-3-16(11(8)5-7)13(18)9-6-12(9)17(19)20/h4-5,9,12H,1-3,6H2. The lowest BCUT2D eigenvalue weighted by Crippen LogP contribution is -2.38. The molecule has 0 N–H and O–H groups in total. The zero-order valence-corrected chi connectivity index (χ0v) is 10.5. The van der Waals surface area contributed by atoms with Crippen molar-refractivity contribution in [3.8, 4) is 0 Å². The molecule has 2 aliphatic rings. The number of rotatable bonds is 2. The van der Waals surface area contributed by atoms with Crippen LogP contribution >= 0.6 is 0 Å². The summed E-state index contributed by atoms with van der Waals surface area (Å²) in [5.74, 6) is -2.48. The van der Waals surface area contributed by atoms with Crippen LogP contribution in [-0.2, 0) is 11.2 Å². The molecule has 0 bridgehead atoms. The van der Waals surface area contributed by atoms with E-state index >= 15 is 0 Å². The van der Waals surface area contributed by atoms with Crippen LogP contribution in [0.25, 0.3) is 0 Å². The predicted octanol–water partition coefficient (Wildman–Crippen LogP) is 1.91. The Kier molecular flexibility index (Phi) is 2.92. The summed E-state index contributed by atoms with van der Waals surface area (Å²) in [5.41, 5.74) is 0.525. The normalized spacial score (nSPS) is 24.2. The molecule has 1 heterocycles. The number of benzene rings is 1. The topological polar surface area (TPSA) is 63.4 Å². The van der Waals surface area contributed by atoms with Crippen LogP contribution in [0.2, 0.25) is 0 Å². The molecule has 1 amide bonds. The van der Waals surface area contributed by atoms with Gasteiger partial charge in [-0.2, -0.15) is 0 Å². The van der Waals surface area contributed by atoms with Crippen LogP contribution in [0.3, 0.4) is 0 Å². The monoisotopic (exact) mass is 282 g/mol. The highest BCUT2D eigenvalue weighted by Crippen LogP contribution is 2.38. The van der Waals surface area contributed by atoms with Gasteiger partial charge >= 0.3 is 0 Å². The molecule has 1 saturated carbocycles. The number of nitrogens with zero attached hydrogens (tertiary/aromatic N) is 2. The second-order valence-electron chi connectivity index (χ2n) is 5.17. The van der Waals surface area contributed by atoms with Crippen molar-refractivity contribution in [1.29, 1.82) is 0 Å². The van der Waals surface area contributed by atoms with Gasteiger partial charge in [-0.05, 0) is 18.9 Å². The molecule has 5 nitrogen and oxygen atoms in total. The van der Waals surface area contributed by atoms with Crippen LogP contribution in [0.4, 0.5) is 14.5 Å². The van der Waals surface area contributed by atoms with E-state index in [1.54, 1.807) is 0 Å². The van der Waals surface area contributed by atoms with Gasteiger partial charge in [0, 0.05) is 29.5 Å². The van der Waals surface area contributed by atoms with E-state index in [2.05, 4.69) is 0 Å². The highest BCUT2D eigenvalue weighted by Gasteiger charge is 2.55. The Morgan fingerprint density at radius 1 is 1.40 bits per heavy atom. The summed E-state index contributed by atoms with van der Waals surface area (Å²) in [6, 6.07) is 1.06. The Morgan fingerprint density at radius 3 is 2.80 bits per heavy atom. The molecular weight excluding hydrogens is 270 g/mol. The molecule has 0 radical (unpaired) electrons. The van der Waals surface area contributed by atoms with Crippen molar-refractivity contribution >= 4 is 11.6 Å². The Balaban J connectivity index is 1.91. The molecule has 1 aliphatic carbocycles. The average Bonchev–Trinajstić information content (AvgIpc) is 3.17. The van der Waals surface area contributed by atoms with Gasteiger partial charge < -0.3 is 4.90 Å². The van der Waals surface area contributed by atoms with E-state index < -0.39 is 34.4 Å². The molecule has 0 aromatic heterocycles. The summed E-state index contributed by atoms with van der Waals surface area (Å²) in [5, 5.41) is 10.6. The largest absolute Gasteiger partial charge is 0.311 e. The molecule has 2 unspecified atom stereocenters. The van der Waals surface area contributed by atoms with Crippen molar-refractivity contribution in [2.75, 3.05) is 11.4 Å². The molecule has 0 spiro atoms. The summed E-state index contributed by atoms with van der Waals surface area (Å²) in [6.45, 7) is 0.343. The zero-order chi connectivity index (χ0) is 14.4. The fraction of sp³-hybridized carbons (Fsp3) is 0.462. The number of anilines is 1. The lowest BCUT2D eigenvalue weighted by Gasteiger charge is -2.29. The van der Waals surface area contributed by atoms with E-state index in [1.165, 1.54) is 4.90 Å². The van der Waals surface area contributed by atoms with Crippen molar-refractivity contribution < 1.29 is 18.5 Å². The number of fused-ring (bicyclic) bond motifs is 1. The van der Waals surface area contributed by atoms with Crippen molar-refractivity contribution in [1.82, 2.24) is 0 Å². The maximum absolute atomic E-state index is 13.7. The van der Waals surface area contributed by atoms with Gasteiger partial charge in [0.05, 0.1) is 5.69 Å². The molecule has 1 aliphatic heterocycles. The summed E-state index contributed by atoms with van der Waals surface area (Å²) < 4.78 is 27.0. The van der Waals surface area contributed by atoms with Crippen LogP contribution in [0.1, 0.15) is 18.4 Å². The van der Waals surface area contributed by atoms with Crippen molar-refractivity contribution in [3.63, 3.8) is 0 Å². The van der Waals surface area contributed by atoms with Gasteiger partial charge in [0.15, 0.2) is 0 Å². The summed E-state index contributed by atoms with van der Waals surface area (Å²) >= 11 is 0. The molecule has 20 heavy (non-hydrogen) atoms. The van der Waals surface area contributed by atoms with Crippen LogP contribution in [-0.4, -0.2) is 23.4 Å². The second kappa shape index (κ2) is 4.50. The molecule has 0 saturated heterocycles. The first-order chi connectivity index (χ1) is 9.49. The predicted molar refractivity (Wildman–Crippen MR) is 65.9 cm³/mol. The summed E-state index contributed by atoms with van der Waals surface area (Å²) in [4.78, 5) is 23.7. The van der Waals surface area contributed by atoms with E-state index in [-0.39, 0.29) is 12.1 Å². The molecule has 106 valence electrons. The van der Waals surface area contributed by atoms with Crippen LogP contribution in [0.15, 0.2) is 12.1 Å². The van der Waals surface area contributed by atoms with E-state index in [0.717, 1.165) is 12.1 Å². The van der Waals surface area contributed by atoms with E-state index in [4.69, 9.17) is 0 Å². The minimum absolute atomic E-state index is 0.204. The second-order valence-corrected chi connectivity index (χ2v) is 5.17. The van der Waals surface area contributed by atoms with Crippen LogP contribution in [0, 0.1) is 27.7 Å². The molecule has 3 rings (SSSR count). The van der Waals surface area contributed by atoms with Gasteiger partial charge in [0.1, 0.15) is 17.6 Å². The number of amides is 1. The third-order valence-electron chi connectivity index (χ3n) is 3.85. The molecule has 1 fully saturated rings. The molecule has 7 heteroatoms. The number of hydrogen-bond acceptors (Lipinski definition) is 3.